The van der Waals surface area contributed by atoms with E-state index in [1.165, 1.54) is 6.20 Å². The van der Waals surface area contributed by atoms with Crippen molar-refractivity contribution in [1.82, 2.24) is 4.98 Å². The molecule has 0 saturated heterocycles. The van der Waals surface area contributed by atoms with Gasteiger partial charge >= 0.3 is 0 Å². The zero-order valence-electron chi connectivity index (χ0n) is 7.54. The van der Waals surface area contributed by atoms with Crippen LogP contribution in [0.25, 0.3) is 0 Å². The van der Waals surface area contributed by atoms with E-state index in [1.54, 1.807) is 6.07 Å². The van der Waals surface area contributed by atoms with E-state index in [0.29, 0.717) is 11.1 Å². The third-order valence-corrected chi connectivity index (χ3v) is 2.49. The van der Waals surface area contributed by atoms with Crippen molar-refractivity contribution < 1.29 is 13.9 Å². The van der Waals surface area contributed by atoms with Crippen LogP contribution < -0.4 is 0 Å². The van der Waals surface area contributed by atoms with Crippen LogP contribution in [-0.4, -0.2) is 10.1 Å². The first-order valence-corrected chi connectivity index (χ1v) is 5.13. The first-order chi connectivity index (χ1) is 7.15. The molecule has 6 heteroatoms. The zero-order chi connectivity index (χ0) is 11.4. The minimum atomic E-state index is -2.79. The number of hydrogen-bond donors (Lipinski definition) is 1. The van der Waals surface area contributed by atoms with Gasteiger partial charge in [0, 0.05) is 17.1 Å². The van der Waals surface area contributed by atoms with E-state index in [-0.39, 0.29) is 17.5 Å². The van der Waals surface area contributed by atoms with Crippen molar-refractivity contribution in [3.63, 3.8) is 0 Å². The zero-order valence-corrected chi connectivity index (χ0v) is 9.13. The second kappa shape index (κ2) is 5.14. The van der Waals surface area contributed by atoms with E-state index in [2.05, 4.69) is 20.9 Å². The fraction of sp³-hybridized carbons (Fsp3) is 0.333. The lowest BCUT2D eigenvalue weighted by atomic mass is 10.0. The monoisotopic (exact) mass is 276 g/mol. The Kier molecular flexibility index (Phi) is 4.12. The van der Waals surface area contributed by atoms with Gasteiger partial charge in [0.15, 0.2) is 0 Å². The molecule has 0 saturated carbocycles. The number of alkyl halides is 3. The Morgan fingerprint density at radius 3 is 2.67 bits per heavy atom. The summed E-state index contributed by atoms with van der Waals surface area (Å²) in [6.45, 7) is -0.327. The van der Waals surface area contributed by atoms with Gasteiger partial charge in [-0.05, 0) is 5.56 Å². The normalized spacial score (nSPS) is 10.4. The standard InChI is InChI=1S/C9H7BrF2N2O/c10-1-6-5(4-15)3-14-8(9(11)12)7(6)2-13/h3,9,15H,1,4H2. The molecule has 15 heavy (non-hydrogen) atoms. The van der Waals surface area contributed by atoms with Gasteiger partial charge in [-0.2, -0.15) is 5.26 Å². The highest BCUT2D eigenvalue weighted by atomic mass is 79.9. The summed E-state index contributed by atoms with van der Waals surface area (Å²) in [5.41, 5.74) is 0.0516. The van der Waals surface area contributed by atoms with Crippen LogP contribution in [0.4, 0.5) is 8.78 Å². The summed E-state index contributed by atoms with van der Waals surface area (Å²) in [5.74, 6) is 0. The van der Waals surface area contributed by atoms with Gasteiger partial charge < -0.3 is 5.11 Å². The van der Waals surface area contributed by atoms with Crippen LogP contribution in [0, 0.1) is 11.3 Å². The maximum absolute atomic E-state index is 12.5. The van der Waals surface area contributed by atoms with Gasteiger partial charge in [-0.1, -0.05) is 15.9 Å². The van der Waals surface area contributed by atoms with Gasteiger partial charge in [0.25, 0.3) is 6.43 Å². The highest BCUT2D eigenvalue weighted by Gasteiger charge is 2.19. The van der Waals surface area contributed by atoms with Gasteiger partial charge in [-0.25, -0.2) is 8.78 Å². The fourth-order valence-electron chi connectivity index (χ4n) is 1.18. The Bertz CT molecular complexity index is 404. The highest BCUT2D eigenvalue weighted by molar-refractivity contribution is 9.08. The van der Waals surface area contributed by atoms with Crippen LogP contribution in [0.2, 0.25) is 0 Å². The Hall–Kier alpha value is -1.06. The van der Waals surface area contributed by atoms with E-state index >= 15 is 0 Å². The van der Waals surface area contributed by atoms with Crippen molar-refractivity contribution >= 4 is 15.9 Å². The summed E-state index contributed by atoms with van der Waals surface area (Å²) in [6, 6.07) is 1.69. The van der Waals surface area contributed by atoms with E-state index in [1.807, 2.05) is 0 Å². The first-order valence-electron chi connectivity index (χ1n) is 4.01. The number of aliphatic hydroxyl groups excluding tert-OH is 1. The van der Waals surface area contributed by atoms with E-state index in [0.717, 1.165) is 0 Å². The molecule has 0 unspecified atom stereocenters. The van der Waals surface area contributed by atoms with Crippen molar-refractivity contribution in [1.29, 1.82) is 5.26 Å². The summed E-state index contributed by atoms with van der Waals surface area (Å²) in [4.78, 5) is 3.48. The number of aromatic nitrogens is 1. The molecule has 1 heterocycles. The highest BCUT2D eigenvalue weighted by Crippen LogP contribution is 2.26. The first kappa shape index (κ1) is 12.0. The predicted molar refractivity (Wildman–Crippen MR) is 52.5 cm³/mol. The van der Waals surface area contributed by atoms with Crippen molar-refractivity contribution in [2.24, 2.45) is 0 Å². The lowest BCUT2D eigenvalue weighted by molar-refractivity contribution is 0.145. The minimum Gasteiger partial charge on any atom is -0.392 e. The summed E-state index contributed by atoms with van der Waals surface area (Å²) >= 11 is 3.09. The van der Waals surface area contributed by atoms with Crippen LogP contribution in [-0.2, 0) is 11.9 Å². The Balaban J connectivity index is 3.43. The second-order valence-electron chi connectivity index (χ2n) is 2.73. The lowest BCUT2D eigenvalue weighted by Crippen LogP contribution is -2.04. The van der Waals surface area contributed by atoms with Crippen molar-refractivity contribution in [3.05, 3.63) is 28.6 Å². The molecule has 1 rings (SSSR count). The molecule has 0 aliphatic rings. The summed E-state index contributed by atoms with van der Waals surface area (Å²) < 4.78 is 25.0. The molecular weight excluding hydrogens is 270 g/mol. The van der Waals surface area contributed by atoms with E-state index in [9.17, 15) is 8.78 Å². The molecule has 0 radical (unpaired) electrons. The quantitative estimate of drug-likeness (QED) is 0.862. The number of rotatable bonds is 3. The van der Waals surface area contributed by atoms with Crippen LogP contribution in [0.15, 0.2) is 6.20 Å². The molecule has 0 amide bonds. The largest absolute Gasteiger partial charge is 0.392 e. The molecule has 3 nitrogen and oxygen atoms in total. The summed E-state index contributed by atoms with van der Waals surface area (Å²) in [6.07, 6.45) is -1.62. The smallest absolute Gasteiger partial charge is 0.281 e. The average Bonchev–Trinajstić information content (AvgIpc) is 2.26. The van der Waals surface area contributed by atoms with Gasteiger partial charge in [0.05, 0.1) is 12.2 Å². The predicted octanol–water partition coefficient (Wildman–Crippen LogP) is 2.28. The number of hydrogen-bond acceptors (Lipinski definition) is 3. The second-order valence-corrected chi connectivity index (χ2v) is 3.29. The van der Waals surface area contributed by atoms with Gasteiger partial charge in [0.2, 0.25) is 0 Å². The van der Waals surface area contributed by atoms with Crippen molar-refractivity contribution in [2.45, 2.75) is 18.4 Å². The van der Waals surface area contributed by atoms with Crippen molar-refractivity contribution in [2.75, 3.05) is 0 Å². The molecule has 0 fully saturated rings. The number of nitrogens with zero attached hydrogens (tertiary/aromatic N) is 2. The van der Waals surface area contributed by atoms with Gasteiger partial charge in [-0.3, -0.25) is 4.98 Å². The van der Waals surface area contributed by atoms with Gasteiger partial charge in [0.1, 0.15) is 11.8 Å². The average molecular weight is 277 g/mol. The Morgan fingerprint density at radius 2 is 2.27 bits per heavy atom. The molecule has 0 spiro atoms. The van der Waals surface area contributed by atoms with E-state index < -0.39 is 12.1 Å². The Labute approximate surface area is 93.5 Å². The lowest BCUT2D eigenvalue weighted by Gasteiger charge is -2.09. The number of halogens is 3. The fourth-order valence-corrected chi connectivity index (χ4v) is 1.82. The minimum absolute atomic E-state index is 0.159. The van der Waals surface area contributed by atoms with Crippen LogP contribution in [0.5, 0.6) is 0 Å². The molecule has 1 N–H and O–H groups in total. The Morgan fingerprint density at radius 1 is 1.60 bits per heavy atom. The number of nitriles is 1. The molecule has 0 aromatic carbocycles. The molecule has 80 valence electrons. The molecule has 0 aliphatic carbocycles. The molecule has 1 aromatic rings. The molecule has 0 atom stereocenters. The maximum atomic E-state index is 12.5. The topological polar surface area (TPSA) is 56.9 Å². The van der Waals surface area contributed by atoms with E-state index in [4.69, 9.17) is 10.4 Å². The van der Waals surface area contributed by atoms with Crippen LogP contribution in [0.3, 0.4) is 0 Å². The number of aliphatic hydroxyl groups is 1. The molecule has 0 aliphatic heterocycles. The molecule has 0 bridgehead atoms. The van der Waals surface area contributed by atoms with Crippen LogP contribution in [0.1, 0.15) is 28.8 Å². The number of pyridine rings is 1. The molecule has 1 aromatic heterocycles. The van der Waals surface area contributed by atoms with Crippen molar-refractivity contribution in [3.8, 4) is 6.07 Å². The third kappa shape index (κ3) is 2.30. The SMILES string of the molecule is N#Cc1c(C(F)F)ncc(CO)c1CBr. The van der Waals surface area contributed by atoms with Gasteiger partial charge in [-0.15, -0.1) is 0 Å². The summed E-state index contributed by atoms with van der Waals surface area (Å²) in [7, 11) is 0. The molecular formula is C9H7BrF2N2O. The van der Waals surface area contributed by atoms with Crippen LogP contribution >= 0.6 is 15.9 Å². The third-order valence-electron chi connectivity index (χ3n) is 1.93. The maximum Gasteiger partial charge on any atom is 0.281 e. The summed E-state index contributed by atoms with van der Waals surface area (Å²) in [5, 5.41) is 17.9.